The number of carbonyl (C=O) groups excluding carboxylic acids is 1. The van der Waals surface area contributed by atoms with Gasteiger partial charge in [0.15, 0.2) is 0 Å². The van der Waals surface area contributed by atoms with Crippen LogP contribution in [0.1, 0.15) is 10.4 Å². The van der Waals surface area contributed by atoms with Crippen LogP contribution in [0.15, 0.2) is 36.4 Å². The van der Waals surface area contributed by atoms with Crippen LogP contribution in [-0.4, -0.2) is 22.9 Å². The standard InChI is InChI=1S/C13H12N4O4/c1-15-11-7-6-9(17(19)20)13(16-11)21-10-5-3-2-4-8(10)12(14)18/h2-7H,1H3,(H2,14,18)(H,15,16). The number of nitrogens with one attached hydrogen (secondary N) is 1. The van der Waals surface area contributed by atoms with E-state index in [1.807, 2.05) is 0 Å². The number of para-hydroxylation sites is 1. The molecule has 108 valence electrons. The second-order valence-corrected chi connectivity index (χ2v) is 3.99. The number of anilines is 1. The first-order valence-electron chi connectivity index (χ1n) is 5.93. The topological polar surface area (TPSA) is 120 Å². The molecule has 0 aliphatic carbocycles. The quantitative estimate of drug-likeness (QED) is 0.640. The van der Waals surface area contributed by atoms with Crippen molar-refractivity contribution in [3.8, 4) is 11.6 Å². The van der Waals surface area contributed by atoms with Crippen molar-refractivity contribution >= 4 is 17.4 Å². The van der Waals surface area contributed by atoms with Crippen molar-refractivity contribution in [2.24, 2.45) is 5.73 Å². The van der Waals surface area contributed by atoms with Gasteiger partial charge in [-0.05, 0) is 18.2 Å². The van der Waals surface area contributed by atoms with Gasteiger partial charge in [0.05, 0.1) is 10.5 Å². The Morgan fingerprint density at radius 1 is 1.33 bits per heavy atom. The van der Waals surface area contributed by atoms with E-state index in [0.29, 0.717) is 5.82 Å². The molecular formula is C13H12N4O4. The first kappa shape index (κ1) is 14.3. The number of nitrogens with zero attached hydrogens (tertiary/aromatic N) is 2. The summed E-state index contributed by atoms with van der Waals surface area (Å²) in [5.41, 5.74) is 5.04. The van der Waals surface area contributed by atoms with Gasteiger partial charge in [-0.3, -0.25) is 14.9 Å². The number of benzene rings is 1. The van der Waals surface area contributed by atoms with Crippen molar-refractivity contribution in [2.75, 3.05) is 12.4 Å². The molecular weight excluding hydrogens is 276 g/mol. The van der Waals surface area contributed by atoms with E-state index in [9.17, 15) is 14.9 Å². The normalized spacial score (nSPS) is 9.95. The van der Waals surface area contributed by atoms with Crippen molar-refractivity contribution in [1.82, 2.24) is 4.98 Å². The lowest BCUT2D eigenvalue weighted by molar-refractivity contribution is -0.386. The lowest BCUT2D eigenvalue weighted by Crippen LogP contribution is -2.12. The average molecular weight is 288 g/mol. The van der Waals surface area contributed by atoms with Crippen LogP contribution in [0.2, 0.25) is 0 Å². The Hall–Kier alpha value is -3.16. The number of amides is 1. The molecule has 8 heteroatoms. The molecule has 0 spiro atoms. The molecule has 1 heterocycles. The lowest BCUT2D eigenvalue weighted by atomic mass is 10.2. The minimum Gasteiger partial charge on any atom is -0.433 e. The van der Waals surface area contributed by atoms with Gasteiger partial charge in [0, 0.05) is 13.1 Å². The SMILES string of the molecule is CNc1ccc([N+](=O)[O-])c(Oc2ccccc2C(N)=O)n1. The fourth-order valence-electron chi connectivity index (χ4n) is 1.65. The predicted molar refractivity (Wildman–Crippen MR) is 75.5 cm³/mol. The molecule has 2 rings (SSSR count). The number of carbonyl (C=O) groups is 1. The monoisotopic (exact) mass is 288 g/mol. The van der Waals surface area contributed by atoms with Crippen LogP contribution in [0.3, 0.4) is 0 Å². The smallest absolute Gasteiger partial charge is 0.331 e. The highest BCUT2D eigenvalue weighted by Crippen LogP contribution is 2.32. The van der Waals surface area contributed by atoms with E-state index < -0.39 is 10.8 Å². The van der Waals surface area contributed by atoms with E-state index in [1.54, 1.807) is 19.2 Å². The van der Waals surface area contributed by atoms with E-state index in [4.69, 9.17) is 10.5 Å². The minimum atomic E-state index is -0.696. The second-order valence-electron chi connectivity index (χ2n) is 3.99. The van der Waals surface area contributed by atoms with Crippen LogP contribution < -0.4 is 15.8 Å². The van der Waals surface area contributed by atoms with Crippen molar-refractivity contribution in [1.29, 1.82) is 0 Å². The van der Waals surface area contributed by atoms with Crippen LogP contribution in [0.25, 0.3) is 0 Å². The molecule has 1 aromatic carbocycles. The van der Waals surface area contributed by atoms with Gasteiger partial charge in [-0.15, -0.1) is 0 Å². The summed E-state index contributed by atoms with van der Waals surface area (Å²) in [6.45, 7) is 0. The Kier molecular flexibility index (Phi) is 3.98. The highest BCUT2D eigenvalue weighted by atomic mass is 16.6. The number of hydrogen-bond acceptors (Lipinski definition) is 6. The average Bonchev–Trinajstić information content (AvgIpc) is 2.47. The third kappa shape index (κ3) is 3.06. The van der Waals surface area contributed by atoms with Crippen molar-refractivity contribution in [3.63, 3.8) is 0 Å². The summed E-state index contributed by atoms with van der Waals surface area (Å²) >= 11 is 0. The van der Waals surface area contributed by atoms with E-state index in [-0.39, 0.29) is 22.9 Å². The van der Waals surface area contributed by atoms with Gasteiger partial charge >= 0.3 is 11.6 Å². The van der Waals surface area contributed by atoms with Crippen LogP contribution in [0.5, 0.6) is 11.6 Å². The number of hydrogen-bond donors (Lipinski definition) is 2. The predicted octanol–water partition coefficient (Wildman–Crippen LogP) is 1.92. The van der Waals surface area contributed by atoms with Gasteiger partial charge in [-0.1, -0.05) is 12.1 Å². The van der Waals surface area contributed by atoms with E-state index in [2.05, 4.69) is 10.3 Å². The summed E-state index contributed by atoms with van der Waals surface area (Å²) in [7, 11) is 1.62. The zero-order chi connectivity index (χ0) is 15.4. The largest absolute Gasteiger partial charge is 0.433 e. The van der Waals surface area contributed by atoms with Gasteiger partial charge in [0.1, 0.15) is 11.6 Å². The number of pyridine rings is 1. The highest BCUT2D eigenvalue weighted by molar-refractivity contribution is 5.95. The molecule has 0 bridgehead atoms. The molecule has 0 atom stereocenters. The minimum absolute atomic E-state index is 0.105. The molecule has 0 saturated carbocycles. The van der Waals surface area contributed by atoms with E-state index >= 15 is 0 Å². The van der Waals surface area contributed by atoms with Gasteiger partial charge in [0.25, 0.3) is 5.91 Å². The molecule has 2 aromatic rings. The Balaban J connectivity index is 2.48. The van der Waals surface area contributed by atoms with Crippen molar-refractivity contribution in [2.45, 2.75) is 0 Å². The lowest BCUT2D eigenvalue weighted by Gasteiger charge is -2.09. The van der Waals surface area contributed by atoms with Crippen LogP contribution in [0.4, 0.5) is 11.5 Å². The third-order valence-corrected chi connectivity index (χ3v) is 2.65. The van der Waals surface area contributed by atoms with Gasteiger partial charge in [-0.2, -0.15) is 4.98 Å². The molecule has 0 saturated heterocycles. The number of nitro groups is 1. The molecule has 0 aliphatic rings. The highest BCUT2D eigenvalue weighted by Gasteiger charge is 2.20. The number of rotatable bonds is 5. The van der Waals surface area contributed by atoms with Crippen LogP contribution in [0, 0.1) is 10.1 Å². The Labute approximate surface area is 119 Å². The fraction of sp³-hybridized carbons (Fsp3) is 0.0769. The first-order chi connectivity index (χ1) is 10.0. The Morgan fingerprint density at radius 2 is 2.05 bits per heavy atom. The van der Waals surface area contributed by atoms with E-state index in [1.165, 1.54) is 24.3 Å². The van der Waals surface area contributed by atoms with Crippen LogP contribution >= 0.6 is 0 Å². The summed E-state index contributed by atoms with van der Waals surface area (Å²) in [6, 6.07) is 8.89. The molecule has 0 aliphatic heterocycles. The third-order valence-electron chi connectivity index (χ3n) is 2.65. The van der Waals surface area contributed by atoms with Crippen molar-refractivity contribution < 1.29 is 14.5 Å². The number of primary amides is 1. The molecule has 3 N–H and O–H groups in total. The zero-order valence-corrected chi connectivity index (χ0v) is 11.1. The van der Waals surface area contributed by atoms with Gasteiger partial charge in [-0.25, -0.2) is 0 Å². The summed E-state index contributed by atoms with van der Waals surface area (Å²) in [6.07, 6.45) is 0. The Bertz CT molecular complexity index is 702. The van der Waals surface area contributed by atoms with Crippen LogP contribution in [-0.2, 0) is 0 Å². The molecule has 8 nitrogen and oxygen atoms in total. The first-order valence-corrected chi connectivity index (χ1v) is 5.93. The number of ether oxygens (including phenoxy) is 1. The molecule has 0 unspecified atom stereocenters. The molecule has 1 amide bonds. The van der Waals surface area contributed by atoms with E-state index in [0.717, 1.165) is 0 Å². The van der Waals surface area contributed by atoms with Crippen molar-refractivity contribution in [3.05, 3.63) is 52.1 Å². The summed E-state index contributed by atoms with van der Waals surface area (Å²) < 4.78 is 5.41. The molecule has 0 radical (unpaired) electrons. The van der Waals surface area contributed by atoms with Gasteiger partial charge in [0.2, 0.25) is 0 Å². The maximum Gasteiger partial charge on any atom is 0.331 e. The maximum absolute atomic E-state index is 11.3. The van der Waals surface area contributed by atoms with Gasteiger partial charge < -0.3 is 15.8 Å². The zero-order valence-electron chi connectivity index (χ0n) is 11.1. The number of nitrogens with two attached hydrogens (primary N) is 1. The Morgan fingerprint density at radius 3 is 2.67 bits per heavy atom. The molecule has 1 aromatic heterocycles. The second kappa shape index (κ2) is 5.87. The summed E-state index contributed by atoms with van der Waals surface area (Å²) in [5.74, 6) is -0.417. The summed E-state index contributed by atoms with van der Waals surface area (Å²) in [5, 5.41) is 13.8. The fourth-order valence-corrected chi connectivity index (χ4v) is 1.65. The molecule has 0 fully saturated rings. The maximum atomic E-state index is 11.3. The summed E-state index contributed by atoms with van der Waals surface area (Å²) in [4.78, 5) is 25.7. The number of aromatic nitrogens is 1. The molecule has 21 heavy (non-hydrogen) atoms.